The first-order valence-corrected chi connectivity index (χ1v) is 9.85. The largest absolute Gasteiger partial charge is 0.269 e. The van der Waals surface area contributed by atoms with E-state index < -0.39 is 0 Å². The molecule has 3 nitrogen and oxygen atoms in total. The van der Waals surface area contributed by atoms with Gasteiger partial charge in [-0.3, -0.25) is 9.36 Å². The molecule has 0 aliphatic carbocycles. The van der Waals surface area contributed by atoms with Crippen LogP contribution in [0.15, 0.2) is 64.7 Å². The fourth-order valence-corrected chi connectivity index (χ4v) is 3.61. The first kappa shape index (κ1) is 19.0. The van der Waals surface area contributed by atoms with Gasteiger partial charge in [-0.2, -0.15) is 0 Å². The van der Waals surface area contributed by atoms with Crippen molar-refractivity contribution in [2.75, 3.05) is 0 Å². The molecule has 1 heterocycles. The summed E-state index contributed by atoms with van der Waals surface area (Å²) in [6, 6.07) is 14.7. The highest BCUT2D eigenvalue weighted by molar-refractivity contribution is 7.99. The Bertz CT molecular complexity index is 951. The summed E-state index contributed by atoms with van der Waals surface area (Å²) in [6.45, 7) is 4.15. The van der Waals surface area contributed by atoms with Crippen molar-refractivity contribution in [2.45, 2.75) is 30.7 Å². The van der Waals surface area contributed by atoms with Gasteiger partial charge in [-0.05, 0) is 42.0 Å². The second kappa shape index (κ2) is 8.30. The number of halogens is 2. The lowest BCUT2D eigenvalue weighted by molar-refractivity contribution is 0.773. The molecular formula is C20H18Cl2N2OS. The zero-order valence-corrected chi connectivity index (χ0v) is 16.8. The van der Waals surface area contributed by atoms with Crippen LogP contribution in [-0.4, -0.2) is 14.8 Å². The van der Waals surface area contributed by atoms with Crippen molar-refractivity contribution in [1.82, 2.24) is 9.55 Å². The molecule has 0 fully saturated rings. The molecule has 0 aliphatic rings. The standard InChI is InChI=1S/C20H18Cl2N2OS/c1-13(2)26-20-23-12-15(11-14-3-5-16(21)6-4-14)19(25)24(20)18-9-7-17(22)8-10-18/h3-10,12-13H,11H2,1-2H3. The smallest absolute Gasteiger partial charge is 0.262 e. The average molecular weight is 405 g/mol. The topological polar surface area (TPSA) is 34.9 Å². The number of rotatable bonds is 5. The molecule has 3 rings (SSSR count). The van der Waals surface area contributed by atoms with Gasteiger partial charge in [-0.15, -0.1) is 0 Å². The summed E-state index contributed by atoms with van der Waals surface area (Å²) in [7, 11) is 0. The molecule has 0 saturated carbocycles. The Kier molecular flexibility index (Phi) is 6.07. The molecule has 0 amide bonds. The maximum Gasteiger partial charge on any atom is 0.262 e. The van der Waals surface area contributed by atoms with E-state index in [1.165, 1.54) is 0 Å². The summed E-state index contributed by atoms with van der Waals surface area (Å²) >= 11 is 13.5. The highest BCUT2D eigenvalue weighted by Gasteiger charge is 2.14. The number of benzene rings is 2. The van der Waals surface area contributed by atoms with Crippen LogP contribution in [0.4, 0.5) is 0 Å². The van der Waals surface area contributed by atoms with Crippen molar-refractivity contribution in [3.05, 3.63) is 86.3 Å². The molecule has 0 radical (unpaired) electrons. The first-order valence-electron chi connectivity index (χ1n) is 8.22. The van der Waals surface area contributed by atoms with Crippen LogP contribution in [-0.2, 0) is 6.42 Å². The van der Waals surface area contributed by atoms with Gasteiger partial charge < -0.3 is 0 Å². The monoisotopic (exact) mass is 404 g/mol. The molecule has 26 heavy (non-hydrogen) atoms. The van der Waals surface area contributed by atoms with Crippen LogP contribution in [0.5, 0.6) is 0 Å². The summed E-state index contributed by atoms with van der Waals surface area (Å²) < 4.78 is 1.66. The van der Waals surface area contributed by atoms with E-state index in [1.807, 2.05) is 36.4 Å². The molecule has 0 bridgehead atoms. The third kappa shape index (κ3) is 4.50. The van der Waals surface area contributed by atoms with Crippen molar-refractivity contribution < 1.29 is 0 Å². The molecule has 0 saturated heterocycles. The van der Waals surface area contributed by atoms with Crippen LogP contribution in [0.1, 0.15) is 25.0 Å². The quantitative estimate of drug-likeness (QED) is 0.408. The third-order valence-corrected chi connectivity index (χ3v) is 5.21. The Morgan fingerprint density at radius 2 is 1.58 bits per heavy atom. The summed E-state index contributed by atoms with van der Waals surface area (Å²) in [5.74, 6) is 0. The molecule has 0 atom stereocenters. The molecule has 0 spiro atoms. The summed E-state index contributed by atoms with van der Waals surface area (Å²) in [5.41, 5.74) is 2.34. The van der Waals surface area contributed by atoms with Crippen LogP contribution in [0.25, 0.3) is 5.69 Å². The fraction of sp³-hybridized carbons (Fsp3) is 0.200. The van der Waals surface area contributed by atoms with Crippen molar-refractivity contribution in [2.24, 2.45) is 0 Å². The van der Waals surface area contributed by atoms with Crippen LogP contribution in [0, 0.1) is 0 Å². The molecule has 2 aromatic carbocycles. The number of hydrogen-bond acceptors (Lipinski definition) is 3. The first-order chi connectivity index (χ1) is 12.4. The lowest BCUT2D eigenvalue weighted by Gasteiger charge is -2.15. The Labute approximate surface area is 167 Å². The van der Waals surface area contributed by atoms with Gasteiger partial charge in [0.2, 0.25) is 0 Å². The summed E-state index contributed by atoms with van der Waals surface area (Å²) in [4.78, 5) is 17.7. The maximum absolute atomic E-state index is 13.2. The normalized spacial score (nSPS) is 11.1. The Balaban J connectivity index is 2.07. The second-order valence-electron chi connectivity index (χ2n) is 6.15. The minimum Gasteiger partial charge on any atom is -0.269 e. The van der Waals surface area contributed by atoms with Crippen molar-refractivity contribution in [3.8, 4) is 5.69 Å². The van der Waals surface area contributed by atoms with Gasteiger partial charge >= 0.3 is 0 Å². The Hall–Kier alpha value is -1.75. The molecule has 134 valence electrons. The zero-order chi connectivity index (χ0) is 18.7. The highest BCUT2D eigenvalue weighted by atomic mass is 35.5. The minimum atomic E-state index is -0.0691. The zero-order valence-electron chi connectivity index (χ0n) is 14.4. The molecular weight excluding hydrogens is 387 g/mol. The number of aromatic nitrogens is 2. The van der Waals surface area contributed by atoms with E-state index in [2.05, 4.69) is 18.8 Å². The lowest BCUT2D eigenvalue weighted by atomic mass is 10.1. The highest BCUT2D eigenvalue weighted by Crippen LogP contribution is 2.23. The molecule has 0 unspecified atom stereocenters. The van der Waals surface area contributed by atoms with Gasteiger partial charge in [0.15, 0.2) is 5.16 Å². The van der Waals surface area contributed by atoms with Gasteiger partial charge in [0, 0.05) is 33.5 Å². The molecule has 6 heteroatoms. The number of hydrogen-bond donors (Lipinski definition) is 0. The Morgan fingerprint density at radius 3 is 2.15 bits per heavy atom. The van der Waals surface area contributed by atoms with Gasteiger partial charge in [0.05, 0.1) is 5.69 Å². The van der Waals surface area contributed by atoms with Crippen LogP contribution in [0.3, 0.4) is 0 Å². The van der Waals surface area contributed by atoms with E-state index in [4.69, 9.17) is 23.2 Å². The SMILES string of the molecule is CC(C)Sc1ncc(Cc2ccc(Cl)cc2)c(=O)n1-c1ccc(Cl)cc1. The second-order valence-corrected chi connectivity index (χ2v) is 8.57. The summed E-state index contributed by atoms with van der Waals surface area (Å²) in [5, 5.41) is 2.29. The van der Waals surface area contributed by atoms with Crippen molar-refractivity contribution >= 4 is 35.0 Å². The van der Waals surface area contributed by atoms with Gasteiger partial charge in [0.1, 0.15) is 0 Å². The van der Waals surface area contributed by atoms with Crippen LogP contribution in [0.2, 0.25) is 10.0 Å². The van der Waals surface area contributed by atoms with Crippen LogP contribution < -0.4 is 5.56 Å². The molecule has 0 aliphatic heterocycles. The lowest BCUT2D eigenvalue weighted by Crippen LogP contribution is -2.25. The van der Waals surface area contributed by atoms with E-state index in [9.17, 15) is 4.79 Å². The van der Waals surface area contributed by atoms with Gasteiger partial charge in [-0.25, -0.2) is 4.98 Å². The third-order valence-electron chi connectivity index (χ3n) is 3.73. The van der Waals surface area contributed by atoms with E-state index in [0.29, 0.717) is 32.4 Å². The van der Waals surface area contributed by atoms with Crippen LogP contribution >= 0.6 is 35.0 Å². The van der Waals surface area contributed by atoms with E-state index in [-0.39, 0.29) is 5.56 Å². The minimum absolute atomic E-state index is 0.0691. The summed E-state index contributed by atoms with van der Waals surface area (Å²) in [6.07, 6.45) is 2.18. The van der Waals surface area contributed by atoms with E-state index >= 15 is 0 Å². The van der Waals surface area contributed by atoms with E-state index in [1.54, 1.807) is 34.7 Å². The average Bonchev–Trinajstić information content (AvgIpc) is 2.60. The number of thioether (sulfide) groups is 1. The van der Waals surface area contributed by atoms with Crippen molar-refractivity contribution in [1.29, 1.82) is 0 Å². The van der Waals surface area contributed by atoms with Gasteiger partial charge in [-0.1, -0.05) is 60.9 Å². The van der Waals surface area contributed by atoms with Crippen molar-refractivity contribution in [3.63, 3.8) is 0 Å². The molecule has 3 aromatic rings. The Morgan fingerprint density at radius 1 is 1.00 bits per heavy atom. The number of nitrogens with zero attached hydrogens (tertiary/aromatic N) is 2. The van der Waals surface area contributed by atoms with Gasteiger partial charge in [0.25, 0.3) is 5.56 Å². The molecule has 0 N–H and O–H groups in total. The maximum atomic E-state index is 13.2. The predicted molar refractivity (Wildman–Crippen MR) is 110 cm³/mol. The fourth-order valence-electron chi connectivity index (χ4n) is 2.53. The molecule has 1 aromatic heterocycles. The predicted octanol–water partition coefficient (Wildman–Crippen LogP) is 5.63. The van der Waals surface area contributed by atoms with E-state index in [0.717, 1.165) is 11.3 Å².